The Morgan fingerprint density at radius 3 is 3.00 bits per heavy atom. The van der Waals surface area contributed by atoms with E-state index < -0.39 is 6.04 Å². The van der Waals surface area contributed by atoms with E-state index in [0.717, 1.165) is 5.56 Å². The van der Waals surface area contributed by atoms with Gasteiger partial charge in [0.25, 0.3) is 0 Å². The zero-order valence-corrected chi connectivity index (χ0v) is 11.7. The summed E-state index contributed by atoms with van der Waals surface area (Å²) in [6.07, 6.45) is 0.872. The maximum absolute atomic E-state index is 12.1. The largest absolute Gasteiger partial charge is 0.495 e. The van der Waals surface area contributed by atoms with Gasteiger partial charge < -0.3 is 21.1 Å². The lowest BCUT2D eigenvalue weighted by molar-refractivity contribution is -0.122. The van der Waals surface area contributed by atoms with E-state index in [9.17, 15) is 9.59 Å². The second-order valence-electron chi connectivity index (χ2n) is 4.57. The number of rotatable bonds is 3. The maximum Gasteiger partial charge on any atom is 0.247 e. The molecule has 0 saturated carbocycles. The third-order valence-corrected chi connectivity index (χ3v) is 3.10. The lowest BCUT2D eigenvalue weighted by atomic mass is 10.1. The van der Waals surface area contributed by atoms with Crippen LogP contribution in [0.5, 0.6) is 5.75 Å². The van der Waals surface area contributed by atoms with E-state index >= 15 is 0 Å². The van der Waals surface area contributed by atoms with E-state index in [1.165, 1.54) is 7.11 Å². The van der Waals surface area contributed by atoms with Crippen molar-refractivity contribution in [2.24, 2.45) is 5.73 Å². The lowest BCUT2D eigenvalue weighted by Crippen LogP contribution is -2.37. The van der Waals surface area contributed by atoms with Crippen LogP contribution in [0.2, 0.25) is 0 Å². The van der Waals surface area contributed by atoms with Crippen molar-refractivity contribution >= 4 is 17.5 Å². The molecule has 2 amide bonds. The van der Waals surface area contributed by atoms with Gasteiger partial charge in [0.1, 0.15) is 11.8 Å². The van der Waals surface area contributed by atoms with E-state index in [1.807, 2.05) is 0 Å². The van der Waals surface area contributed by atoms with E-state index in [1.54, 1.807) is 18.2 Å². The number of hydrogen-bond acceptors (Lipinski definition) is 4. The minimum Gasteiger partial charge on any atom is -0.495 e. The molecule has 110 valence electrons. The van der Waals surface area contributed by atoms with E-state index in [4.69, 9.17) is 10.5 Å². The highest BCUT2D eigenvalue weighted by Crippen LogP contribution is 2.25. The van der Waals surface area contributed by atoms with Gasteiger partial charge in [0.2, 0.25) is 11.8 Å². The molecule has 0 spiro atoms. The van der Waals surface area contributed by atoms with Crippen LogP contribution in [0, 0.1) is 11.8 Å². The molecular weight excluding hydrogens is 270 g/mol. The molecule has 1 saturated heterocycles. The molecule has 0 aromatic heterocycles. The highest BCUT2D eigenvalue weighted by molar-refractivity contribution is 6.00. The van der Waals surface area contributed by atoms with Gasteiger partial charge in [0.15, 0.2) is 0 Å². The molecule has 2 rings (SSSR count). The molecule has 6 heteroatoms. The van der Waals surface area contributed by atoms with Crippen LogP contribution < -0.4 is 21.1 Å². The number of benzene rings is 1. The Balaban J connectivity index is 2.17. The van der Waals surface area contributed by atoms with Gasteiger partial charge >= 0.3 is 0 Å². The first kappa shape index (κ1) is 14.9. The highest BCUT2D eigenvalue weighted by Gasteiger charge is 2.27. The van der Waals surface area contributed by atoms with Crippen molar-refractivity contribution in [3.8, 4) is 17.6 Å². The Labute approximate surface area is 123 Å². The predicted molar refractivity (Wildman–Crippen MR) is 78.7 cm³/mol. The number of anilines is 1. The molecular formula is C15H17N3O3. The number of nitrogens with one attached hydrogen (secondary N) is 2. The molecule has 1 aromatic rings. The molecule has 0 radical (unpaired) electrons. The third-order valence-electron chi connectivity index (χ3n) is 3.10. The van der Waals surface area contributed by atoms with Crippen LogP contribution in [0.1, 0.15) is 18.4 Å². The average Bonchev–Trinajstić information content (AvgIpc) is 2.92. The summed E-state index contributed by atoms with van der Waals surface area (Å²) in [5.41, 5.74) is 6.59. The summed E-state index contributed by atoms with van der Waals surface area (Å²) in [7, 11) is 1.52. The Morgan fingerprint density at radius 1 is 1.57 bits per heavy atom. The smallest absolute Gasteiger partial charge is 0.247 e. The molecule has 1 aromatic carbocycles. The van der Waals surface area contributed by atoms with Crippen LogP contribution >= 0.6 is 0 Å². The Morgan fingerprint density at radius 2 is 2.38 bits per heavy atom. The molecule has 1 unspecified atom stereocenters. The Bertz CT molecular complexity index is 616. The summed E-state index contributed by atoms with van der Waals surface area (Å²) >= 11 is 0. The molecule has 21 heavy (non-hydrogen) atoms. The first-order chi connectivity index (χ1) is 10.1. The molecule has 6 nitrogen and oxygen atoms in total. The number of hydrogen-bond donors (Lipinski definition) is 3. The number of carbonyl (C=O) groups is 2. The van der Waals surface area contributed by atoms with Crippen LogP contribution in [0.4, 0.5) is 5.69 Å². The van der Waals surface area contributed by atoms with E-state index in [2.05, 4.69) is 22.5 Å². The third kappa shape index (κ3) is 3.74. The van der Waals surface area contributed by atoms with Crippen molar-refractivity contribution < 1.29 is 14.3 Å². The van der Waals surface area contributed by atoms with Gasteiger partial charge in [-0.3, -0.25) is 9.59 Å². The number of nitrogens with two attached hydrogens (primary N) is 1. The van der Waals surface area contributed by atoms with Gasteiger partial charge in [-0.2, -0.15) is 0 Å². The first-order valence-electron chi connectivity index (χ1n) is 6.61. The van der Waals surface area contributed by atoms with Gasteiger partial charge in [-0.15, -0.1) is 0 Å². The fourth-order valence-electron chi connectivity index (χ4n) is 2.07. The van der Waals surface area contributed by atoms with Gasteiger partial charge in [0.05, 0.1) is 19.3 Å². The summed E-state index contributed by atoms with van der Waals surface area (Å²) in [5, 5.41) is 5.39. The van der Waals surface area contributed by atoms with Crippen molar-refractivity contribution in [3.05, 3.63) is 23.8 Å². The molecule has 1 aliphatic rings. The Kier molecular flexibility index (Phi) is 4.80. The topological polar surface area (TPSA) is 93.4 Å². The van der Waals surface area contributed by atoms with Crippen LogP contribution in [-0.2, 0) is 9.59 Å². The minimum atomic E-state index is -0.499. The zero-order valence-electron chi connectivity index (χ0n) is 11.7. The fourth-order valence-corrected chi connectivity index (χ4v) is 2.07. The van der Waals surface area contributed by atoms with Crippen molar-refractivity contribution in [1.29, 1.82) is 0 Å². The summed E-state index contributed by atoms with van der Waals surface area (Å²) in [5.74, 6) is 5.81. The normalized spacial score (nSPS) is 16.7. The minimum absolute atomic E-state index is 0.107. The molecule has 4 N–H and O–H groups in total. The second kappa shape index (κ2) is 6.77. The van der Waals surface area contributed by atoms with Crippen LogP contribution in [0.3, 0.4) is 0 Å². The molecule has 0 aliphatic carbocycles. The van der Waals surface area contributed by atoms with E-state index in [0.29, 0.717) is 24.3 Å². The van der Waals surface area contributed by atoms with Crippen molar-refractivity contribution in [3.63, 3.8) is 0 Å². The zero-order chi connectivity index (χ0) is 15.2. The highest BCUT2D eigenvalue weighted by atomic mass is 16.5. The number of ether oxygens (including phenoxy) is 1. The van der Waals surface area contributed by atoms with Crippen LogP contribution in [0.15, 0.2) is 18.2 Å². The van der Waals surface area contributed by atoms with E-state index in [-0.39, 0.29) is 18.4 Å². The van der Waals surface area contributed by atoms with Gasteiger partial charge in [0, 0.05) is 12.0 Å². The number of carbonyl (C=O) groups excluding carboxylic acids is 2. The summed E-state index contributed by atoms with van der Waals surface area (Å²) in [4.78, 5) is 23.3. The standard InChI is InChI=1S/C15H17N3O3/c1-21-13-6-4-10(3-2-8-16)9-12(13)18-15(20)11-5-7-14(19)17-11/h4,6,9,11H,5,7-8,16H2,1H3,(H,17,19)(H,18,20). The van der Waals surface area contributed by atoms with Gasteiger partial charge in [-0.25, -0.2) is 0 Å². The average molecular weight is 287 g/mol. The van der Waals surface area contributed by atoms with Crippen LogP contribution in [0.25, 0.3) is 0 Å². The van der Waals surface area contributed by atoms with Gasteiger partial charge in [-0.05, 0) is 24.6 Å². The Hall–Kier alpha value is -2.52. The molecule has 1 heterocycles. The SMILES string of the molecule is COc1ccc(C#CCN)cc1NC(=O)C1CCC(=O)N1. The van der Waals surface area contributed by atoms with Crippen LogP contribution in [-0.4, -0.2) is 31.5 Å². The van der Waals surface area contributed by atoms with Crippen molar-refractivity contribution in [2.45, 2.75) is 18.9 Å². The lowest BCUT2D eigenvalue weighted by Gasteiger charge is -2.14. The summed E-state index contributed by atoms with van der Waals surface area (Å²) < 4.78 is 5.21. The fraction of sp³-hybridized carbons (Fsp3) is 0.333. The number of amides is 2. The maximum atomic E-state index is 12.1. The first-order valence-corrected chi connectivity index (χ1v) is 6.61. The summed E-state index contributed by atoms with van der Waals surface area (Å²) in [6, 6.07) is 4.73. The predicted octanol–water partition coefficient (Wildman–Crippen LogP) is 0.223. The molecule has 1 fully saturated rings. The second-order valence-corrected chi connectivity index (χ2v) is 4.57. The number of methoxy groups -OCH3 is 1. The van der Waals surface area contributed by atoms with Gasteiger partial charge in [-0.1, -0.05) is 11.8 Å². The molecule has 1 atom stereocenters. The van der Waals surface area contributed by atoms with Crippen molar-refractivity contribution in [1.82, 2.24) is 5.32 Å². The quantitative estimate of drug-likeness (QED) is 0.693. The van der Waals surface area contributed by atoms with Crippen molar-refractivity contribution in [2.75, 3.05) is 19.0 Å². The molecule has 1 aliphatic heterocycles. The summed E-state index contributed by atoms with van der Waals surface area (Å²) in [6.45, 7) is 0.266. The monoisotopic (exact) mass is 287 g/mol. The molecule has 0 bridgehead atoms.